The molecule has 0 fully saturated rings. The largest absolute Gasteiger partial charge is 0.497 e. The van der Waals surface area contributed by atoms with Crippen LogP contribution in [0.2, 0.25) is 0 Å². The Morgan fingerprint density at radius 1 is 0.795 bits per heavy atom. The zero-order valence-corrected chi connectivity index (χ0v) is 22.7. The highest BCUT2D eigenvalue weighted by Crippen LogP contribution is 2.30. The molecular formula is C30H29N3O5S. The van der Waals surface area contributed by atoms with Gasteiger partial charge in [0, 0.05) is 0 Å². The van der Waals surface area contributed by atoms with Crippen LogP contribution < -0.4 is 19.2 Å². The zero-order valence-electron chi connectivity index (χ0n) is 21.9. The second-order valence-electron chi connectivity index (χ2n) is 8.56. The number of nitrogens with one attached hydrogen (secondary N) is 1. The second-order valence-corrected chi connectivity index (χ2v) is 10.4. The fourth-order valence-corrected chi connectivity index (χ4v) is 5.37. The molecule has 0 atom stereocenters. The lowest BCUT2D eigenvalue weighted by atomic mass is 10.1. The summed E-state index contributed by atoms with van der Waals surface area (Å²) in [6.07, 6.45) is 0. The van der Waals surface area contributed by atoms with Gasteiger partial charge in [-0.25, -0.2) is 13.8 Å². The molecule has 1 amide bonds. The molecule has 0 aliphatic carbocycles. The van der Waals surface area contributed by atoms with Gasteiger partial charge in [0.25, 0.3) is 15.9 Å². The number of carbonyl (C=O) groups excluding carboxylic acids is 1. The van der Waals surface area contributed by atoms with E-state index in [4.69, 9.17) is 9.47 Å². The lowest BCUT2D eigenvalue weighted by Crippen LogP contribution is -2.33. The van der Waals surface area contributed by atoms with Crippen LogP contribution in [-0.2, 0) is 16.6 Å². The summed E-state index contributed by atoms with van der Waals surface area (Å²) >= 11 is 0. The summed E-state index contributed by atoms with van der Waals surface area (Å²) in [5.74, 6) is 0.705. The number of hydrazone groups is 1. The fraction of sp³-hybridized carbons (Fsp3) is 0.133. The van der Waals surface area contributed by atoms with E-state index < -0.39 is 15.9 Å². The van der Waals surface area contributed by atoms with Crippen molar-refractivity contribution in [2.24, 2.45) is 5.10 Å². The topological polar surface area (TPSA) is 97.3 Å². The predicted molar refractivity (Wildman–Crippen MR) is 152 cm³/mol. The van der Waals surface area contributed by atoms with E-state index in [2.05, 4.69) is 10.5 Å². The van der Waals surface area contributed by atoms with Crippen LogP contribution in [0.15, 0.2) is 113 Å². The molecular weight excluding hydrogens is 514 g/mol. The summed E-state index contributed by atoms with van der Waals surface area (Å²) in [6, 6.07) is 29.2. The van der Waals surface area contributed by atoms with Crippen LogP contribution >= 0.6 is 0 Å². The minimum atomic E-state index is -4.06. The minimum Gasteiger partial charge on any atom is -0.497 e. The van der Waals surface area contributed by atoms with Crippen molar-refractivity contribution in [2.75, 3.05) is 18.5 Å². The number of anilines is 1. The maximum atomic E-state index is 13.9. The smallest absolute Gasteiger partial charge is 0.273 e. The van der Waals surface area contributed by atoms with E-state index in [1.54, 1.807) is 62.6 Å². The average Bonchev–Trinajstić information content (AvgIpc) is 2.99. The van der Waals surface area contributed by atoms with Gasteiger partial charge in [0.2, 0.25) is 0 Å². The minimum absolute atomic E-state index is 0.0215. The molecule has 0 spiro atoms. The normalized spacial score (nSPS) is 11.5. The van der Waals surface area contributed by atoms with Crippen LogP contribution in [0, 0.1) is 0 Å². The number of methoxy groups -OCH3 is 2. The first-order valence-corrected chi connectivity index (χ1v) is 13.6. The Morgan fingerprint density at radius 2 is 1.36 bits per heavy atom. The molecule has 0 aliphatic heterocycles. The summed E-state index contributed by atoms with van der Waals surface area (Å²) in [7, 11) is -0.964. The van der Waals surface area contributed by atoms with Crippen molar-refractivity contribution < 1.29 is 22.7 Å². The molecule has 0 unspecified atom stereocenters. The van der Waals surface area contributed by atoms with Gasteiger partial charge in [-0.15, -0.1) is 0 Å². The first-order chi connectivity index (χ1) is 18.8. The van der Waals surface area contributed by atoms with E-state index in [-0.39, 0.29) is 22.7 Å². The molecule has 4 aromatic carbocycles. The lowest BCUT2D eigenvalue weighted by molar-refractivity contribution is 0.0955. The Hall–Kier alpha value is -4.63. The van der Waals surface area contributed by atoms with Gasteiger partial charge in [-0.05, 0) is 78.7 Å². The Morgan fingerprint density at radius 3 is 1.97 bits per heavy atom. The third kappa shape index (κ3) is 6.45. The van der Waals surface area contributed by atoms with E-state index in [1.807, 2.05) is 42.5 Å². The van der Waals surface area contributed by atoms with Gasteiger partial charge in [0.1, 0.15) is 11.5 Å². The number of ether oxygens (including phenoxy) is 2. The number of carbonyl (C=O) groups is 1. The summed E-state index contributed by atoms with van der Waals surface area (Å²) < 4.78 is 39.5. The van der Waals surface area contributed by atoms with Gasteiger partial charge in [0.05, 0.1) is 42.6 Å². The van der Waals surface area contributed by atoms with Crippen molar-refractivity contribution in [3.8, 4) is 11.5 Å². The maximum absolute atomic E-state index is 13.9. The molecule has 0 radical (unpaired) electrons. The summed E-state index contributed by atoms with van der Waals surface area (Å²) in [4.78, 5) is 13.4. The van der Waals surface area contributed by atoms with Crippen molar-refractivity contribution in [1.29, 1.82) is 0 Å². The standard InChI is InChI=1S/C30H29N3O5S/c1-22(24-13-15-25(37-2)16-14-24)31-32-30(34)28-11-7-8-12-29(28)33(21-23-9-5-4-6-10-23)39(35,36)27-19-17-26(38-3)18-20-27/h4-20H,21H2,1-3H3,(H,32,34)/b31-22-. The van der Waals surface area contributed by atoms with Gasteiger partial charge in [0.15, 0.2) is 0 Å². The number of benzene rings is 4. The van der Waals surface area contributed by atoms with E-state index >= 15 is 0 Å². The number of nitrogens with zero attached hydrogens (tertiary/aromatic N) is 2. The summed E-state index contributed by atoms with van der Waals surface area (Å²) in [5.41, 5.74) is 5.11. The number of sulfonamides is 1. The van der Waals surface area contributed by atoms with Gasteiger partial charge < -0.3 is 9.47 Å². The molecule has 0 aliphatic rings. The highest BCUT2D eigenvalue weighted by molar-refractivity contribution is 7.92. The van der Waals surface area contributed by atoms with Gasteiger partial charge >= 0.3 is 0 Å². The molecule has 39 heavy (non-hydrogen) atoms. The lowest BCUT2D eigenvalue weighted by Gasteiger charge is -2.26. The Labute approximate surface area is 228 Å². The van der Waals surface area contributed by atoms with Crippen LogP contribution in [-0.4, -0.2) is 34.3 Å². The van der Waals surface area contributed by atoms with Gasteiger partial charge in [-0.1, -0.05) is 42.5 Å². The van der Waals surface area contributed by atoms with E-state index in [0.29, 0.717) is 17.2 Å². The summed E-state index contributed by atoms with van der Waals surface area (Å²) in [6.45, 7) is 1.79. The van der Waals surface area contributed by atoms with Crippen LogP contribution in [0.5, 0.6) is 11.5 Å². The summed E-state index contributed by atoms with van der Waals surface area (Å²) in [5, 5.41) is 4.24. The quantitative estimate of drug-likeness (QED) is 0.218. The second kappa shape index (κ2) is 12.3. The van der Waals surface area contributed by atoms with Crippen LogP contribution in [0.3, 0.4) is 0 Å². The van der Waals surface area contributed by atoms with Crippen LogP contribution in [0.4, 0.5) is 5.69 Å². The van der Waals surface area contributed by atoms with Crippen molar-refractivity contribution >= 4 is 27.3 Å². The fourth-order valence-electron chi connectivity index (χ4n) is 3.90. The van der Waals surface area contributed by atoms with Crippen molar-refractivity contribution in [3.05, 3.63) is 120 Å². The first-order valence-electron chi connectivity index (χ1n) is 12.1. The molecule has 4 aromatic rings. The molecule has 0 aromatic heterocycles. The molecule has 1 N–H and O–H groups in total. The Bertz CT molecular complexity index is 1550. The average molecular weight is 544 g/mol. The van der Waals surface area contributed by atoms with Crippen LogP contribution in [0.25, 0.3) is 0 Å². The third-order valence-corrected chi connectivity index (χ3v) is 7.84. The number of hydrogen-bond donors (Lipinski definition) is 1. The molecule has 0 heterocycles. The van der Waals surface area contributed by atoms with Crippen molar-refractivity contribution in [2.45, 2.75) is 18.4 Å². The third-order valence-electron chi connectivity index (χ3n) is 6.07. The van der Waals surface area contributed by atoms with Crippen molar-refractivity contribution in [1.82, 2.24) is 5.43 Å². The number of hydrogen-bond acceptors (Lipinski definition) is 6. The molecule has 200 valence electrons. The van der Waals surface area contributed by atoms with E-state index in [0.717, 1.165) is 11.1 Å². The Kier molecular flexibility index (Phi) is 8.63. The van der Waals surface area contributed by atoms with Gasteiger partial charge in [-0.3, -0.25) is 9.10 Å². The molecule has 0 bridgehead atoms. The number of para-hydroxylation sites is 1. The molecule has 0 saturated heterocycles. The van der Waals surface area contributed by atoms with Crippen molar-refractivity contribution in [3.63, 3.8) is 0 Å². The molecule has 8 nitrogen and oxygen atoms in total. The highest BCUT2D eigenvalue weighted by Gasteiger charge is 2.28. The van der Waals surface area contributed by atoms with Crippen LogP contribution in [0.1, 0.15) is 28.4 Å². The SMILES string of the molecule is COc1ccc(/C(C)=N\NC(=O)c2ccccc2N(Cc2ccccc2)S(=O)(=O)c2ccc(OC)cc2)cc1. The molecule has 0 saturated carbocycles. The Balaban J connectivity index is 1.70. The highest BCUT2D eigenvalue weighted by atomic mass is 32.2. The van der Waals surface area contributed by atoms with E-state index in [1.165, 1.54) is 23.5 Å². The number of amides is 1. The van der Waals surface area contributed by atoms with Gasteiger partial charge in [-0.2, -0.15) is 5.10 Å². The van der Waals surface area contributed by atoms with E-state index in [9.17, 15) is 13.2 Å². The first kappa shape index (κ1) is 27.4. The monoisotopic (exact) mass is 543 g/mol. The predicted octanol–water partition coefficient (Wildman–Crippen LogP) is 5.25. The number of rotatable bonds is 10. The molecule has 4 rings (SSSR count). The zero-order chi connectivity index (χ0) is 27.8. The maximum Gasteiger partial charge on any atom is 0.273 e. The molecule has 9 heteroatoms.